The number of esters is 1. The summed E-state index contributed by atoms with van der Waals surface area (Å²) in [6, 6.07) is 0. The first-order valence-corrected chi connectivity index (χ1v) is 14.7. The number of ether oxygens (including phenoxy) is 2. The Bertz CT molecular complexity index is 927. The summed E-state index contributed by atoms with van der Waals surface area (Å²) < 4.78 is 10.9. The van der Waals surface area contributed by atoms with Gasteiger partial charge in [0, 0.05) is 63.1 Å². The number of hydrogen-bond acceptors (Lipinski definition) is 7. The Morgan fingerprint density at radius 2 is 1.84 bits per heavy atom. The van der Waals surface area contributed by atoms with Crippen molar-refractivity contribution in [2.45, 2.75) is 78.6 Å². The molecular weight excluding hydrogens is 470 g/mol. The van der Waals surface area contributed by atoms with Crippen LogP contribution in [0, 0.1) is 46.3 Å². The van der Waals surface area contributed by atoms with Crippen LogP contribution >= 0.6 is 0 Å². The molecule has 0 amide bonds. The van der Waals surface area contributed by atoms with Crippen molar-refractivity contribution in [3.8, 4) is 0 Å². The highest BCUT2D eigenvalue weighted by molar-refractivity contribution is 5.93. The maximum atomic E-state index is 13.9. The highest BCUT2D eigenvalue weighted by Gasteiger charge is 2.66. The number of carbonyl (C=O) groups excluding carboxylic acids is 4. The smallest absolute Gasteiger partial charge is 0.305 e. The molecule has 1 aliphatic heterocycles. The van der Waals surface area contributed by atoms with E-state index in [1.807, 2.05) is 0 Å². The third-order valence-electron chi connectivity index (χ3n) is 11.5. The van der Waals surface area contributed by atoms with Gasteiger partial charge >= 0.3 is 5.97 Å². The number of nitrogens with zero attached hydrogens (tertiary/aromatic N) is 1. The molecule has 0 aromatic heterocycles. The molecule has 7 heteroatoms. The Labute approximate surface area is 221 Å². The van der Waals surface area contributed by atoms with E-state index in [4.69, 9.17) is 9.47 Å². The number of rotatable bonds is 7. The van der Waals surface area contributed by atoms with Crippen LogP contribution in [0.3, 0.4) is 0 Å². The highest BCUT2D eigenvalue weighted by Crippen LogP contribution is 2.66. The van der Waals surface area contributed by atoms with Gasteiger partial charge in [0.25, 0.3) is 0 Å². The van der Waals surface area contributed by atoms with Crippen LogP contribution in [0.1, 0.15) is 78.6 Å². The topological polar surface area (TPSA) is 90.0 Å². The normalized spacial score (nSPS) is 41.1. The van der Waals surface area contributed by atoms with Gasteiger partial charge < -0.3 is 9.47 Å². The molecule has 206 valence electrons. The van der Waals surface area contributed by atoms with Crippen molar-refractivity contribution in [2.24, 2.45) is 46.3 Å². The van der Waals surface area contributed by atoms with E-state index in [1.165, 1.54) is 0 Å². The molecule has 0 aromatic carbocycles. The van der Waals surface area contributed by atoms with E-state index in [2.05, 4.69) is 25.7 Å². The molecule has 4 aliphatic carbocycles. The number of carbonyl (C=O) groups is 4. The van der Waals surface area contributed by atoms with E-state index in [9.17, 15) is 19.2 Å². The molecule has 1 heterocycles. The van der Waals surface area contributed by atoms with Crippen LogP contribution in [0.25, 0.3) is 0 Å². The van der Waals surface area contributed by atoms with Gasteiger partial charge in [-0.2, -0.15) is 0 Å². The molecule has 0 N–H and O–H groups in total. The fourth-order valence-corrected chi connectivity index (χ4v) is 9.12. The van der Waals surface area contributed by atoms with Crippen LogP contribution in [0.15, 0.2) is 0 Å². The zero-order chi connectivity index (χ0) is 26.4. The first-order valence-electron chi connectivity index (χ1n) is 14.7. The highest BCUT2D eigenvalue weighted by atomic mass is 16.5. The summed E-state index contributed by atoms with van der Waals surface area (Å²) in [7, 11) is 0. The number of morpholine rings is 1. The van der Waals surface area contributed by atoms with Gasteiger partial charge in [0.15, 0.2) is 0 Å². The number of hydrogen-bond donors (Lipinski definition) is 0. The van der Waals surface area contributed by atoms with E-state index in [-0.39, 0.29) is 52.7 Å². The molecule has 4 saturated carbocycles. The lowest BCUT2D eigenvalue weighted by atomic mass is 9.44. The summed E-state index contributed by atoms with van der Waals surface area (Å²) in [5.41, 5.74) is -0.581. The van der Waals surface area contributed by atoms with Gasteiger partial charge in [0.1, 0.15) is 24.0 Å². The summed E-state index contributed by atoms with van der Waals surface area (Å²) in [6.07, 6.45) is 5.80. The molecule has 37 heavy (non-hydrogen) atoms. The van der Waals surface area contributed by atoms with Gasteiger partial charge in [0.2, 0.25) is 0 Å². The van der Waals surface area contributed by atoms with E-state index in [0.717, 1.165) is 52.1 Å². The van der Waals surface area contributed by atoms with E-state index < -0.39 is 5.41 Å². The third-order valence-corrected chi connectivity index (χ3v) is 11.5. The SMILES string of the molecule is CC(CCC(=O)OCCN1CCOCC1)[C@H]1CC[C@H]2[C@@H]3C(=O)C[C@@H]4CC(=O)CC[C@]4(C)[C@H]3CC(=O)[C@]12C. The summed E-state index contributed by atoms with van der Waals surface area (Å²) in [6.45, 7) is 10.9. The van der Waals surface area contributed by atoms with Crippen LogP contribution in [0.2, 0.25) is 0 Å². The Morgan fingerprint density at radius 3 is 2.59 bits per heavy atom. The molecule has 0 aromatic rings. The lowest BCUT2D eigenvalue weighted by molar-refractivity contribution is -0.166. The zero-order valence-corrected chi connectivity index (χ0v) is 23.0. The van der Waals surface area contributed by atoms with Gasteiger partial charge in [-0.25, -0.2) is 0 Å². The van der Waals surface area contributed by atoms with Gasteiger partial charge in [-0.15, -0.1) is 0 Å². The van der Waals surface area contributed by atoms with Crippen molar-refractivity contribution in [1.82, 2.24) is 4.90 Å². The Morgan fingerprint density at radius 1 is 1.08 bits per heavy atom. The van der Waals surface area contributed by atoms with Crippen LogP contribution in [-0.4, -0.2) is 67.7 Å². The van der Waals surface area contributed by atoms with Crippen molar-refractivity contribution in [3.05, 3.63) is 0 Å². The van der Waals surface area contributed by atoms with Crippen LogP contribution in [0.4, 0.5) is 0 Å². The molecular formula is C30H45NO6. The van der Waals surface area contributed by atoms with Gasteiger partial charge in [-0.1, -0.05) is 20.8 Å². The molecule has 0 spiro atoms. The second-order valence-electron chi connectivity index (χ2n) is 13.1. The molecule has 5 aliphatic rings. The molecule has 5 fully saturated rings. The van der Waals surface area contributed by atoms with Gasteiger partial charge in [-0.05, 0) is 60.7 Å². The van der Waals surface area contributed by atoms with Gasteiger partial charge in [0.05, 0.1) is 13.2 Å². The lowest BCUT2D eigenvalue weighted by Gasteiger charge is -2.58. The first-order chi connectivity index (χ1) is 17.6. The predicted octanol–water partition coefficient (Wildman–Crippen LogP) is 3.86. The number of Topliss-reactive ketones (excluding diaryl/α,β-unsaturated/α-hetero) is 3. The van der Waals surface area contributed by atoms with E-state index in [1.54, 1.807) is 0 Å². The molecule has 8 atom stereocenters. The number of fused-ring (bicyclic) bond motifs is 5. The minimum Gasteiger partial charge on any atom is -0.464 e. The van der Waals surface area contributed by atoms with Gasteiger partial charge in [-0.3, -0.25) is 24.1 Å². The fourth-order valence-electron chi connectivity index (χ4n) is 9.12. The summed E-state index contributed by atoms with van der Waals surface area (Å²) >= 11 is 0. The van der Waals surface area contributed by atoms with Crippen LogP contribution < -0.4 is 0 Å². The van der Waals surface area contributed by atoms with Crippen LogP contribution in [0.5, 0.6) is 0 Å². The molecule has 1 saturated heterocycles. The zero-order valence-electron chi connectivity index (χ0n) is 23.0. The number of ketones is 3. The maximum Gasteiger partial charge on any atom is 0.305 e. The van der Waals surface area contributed by atoms with Crippen molar-refractivity contribution >= 4 is 23.3 Å². The van der Waals surface area contributed by atoms with Crippen molar-refractivity contribution in [3.63, 3.8) is 0 Å². The van der Waals surface area contributed by atoms with Crippen molar-refractivity contribution in [1.29, 1.82) is 0 Å². The van der Waals surface area contributed by atoms with E-state index in [0.29, 0.717) is 56.7 Å². The summed E-state index contributed by atoms with van der Waals surface area (Å²) in [5, 5.41) is 0. The molecule has 5 rings (SSSR count). The van der Waals surface area contributed by atoms with Crippen molar-refractivity contribution in [2.75, 3.05) is 39.5 Å². The second-order valence-corrected chi connectivity index (χ2v) is 13.1. The fraction of sp³-hybridized carbons (Fsp3) is 0.867. The van der Waals surface area contributed by atoms with Crippen LogP contribution in [-0.2, 0) is 28.7 Å². The standard InChI is InChI=1S/C30H45NO6/c1-19(4-7-27(35)37-15-12-31-10-13-36-14-11-31)22-5-6-23-28-24(18-26(34)30(22,23)3)29(2)9-8-21(32)16-20(29)17-25(28)33/h19-20,22-24,28H,4-18H2,1-3H3/t19?,20-,22+,23-,24-,28-,29-,30+/m0/s1. The summed E-state index contributed by atoms with van der Waals surface area (Å²) in [5.74, 6) is 1.34. The third kappa shape index (κ3) is 4.84. The quantitative estimate of drug-likeness (QED) is 0.476. The minimum atomic E-state index is -0.496. The average molecular weight is 516 g/mol. The summed E-state index contributed by atoms with van der Waals surface area (Å²) in [4.78, 5) is 54.3. The maximum absolute atomic E-state index is 13.9. The molecule has 0 radical (unpaired) electrons. The lowest BCUT2D eigenvalue weighted by Crippen LogP contribution is -2.60. The Kier molecular flexibility index (Phi) is 7.67. The average Bonchev–Trinajstić information content (AvgIpc) is 3.23. The predicted molar refractivity (Wildman–Crippen MR) is 138 cm³/mol. The monoisotopic (exact) mass is 515 g/mol. The Balaban J connectivity index is 1.20. The largest absolute Gasteiger partial charge is 0.464 e. The van der Waals surface area contributed by atoms with E-state index >= 15 is 0 Å². The van der Waals surface area contributed by atoms with Crippen molar-refractivity contribution < 1.29 is 28.7 Å². The minimum absolute atomic E-state index is 0.0560. The molecule has 7 nitrogen and oxygen atoms in total. The molecule has 0 bridgehead atoms. The Hall–Kier alpha value is -1.60. The second kappa shape index (κ2) is 10.5. The molecule has 1 unspecified atom stereocenters. The first kappa shape index (κ1) is 27.0.